The molecular weight excluding hydrogens is 248 g/mol. The molecule has 0 bridgehead atoms. The van der Waals surface area contributed by atoms with Gasteiger partial charge in [0.25, 0.3) is 0 Å². The highest BCUT2D eigenvalue weighted by Crippen LogP contribution is 2.20. The standard InChI is InChI=1S/C9H16N2O7/c10-5(13)1-3(9(16)17)11-8-7(15)6(14)4(2-12)18-8/h3-4,6-8,11-12,14-15H,1-2H2,(H2,10,13)(H,16,17)/t3-,4+,6+,7+,8?/m0/s1. The van der Waals surface area contributed by atoms with Crippen LogP contribution in [-0.4, -0.2) is 69.5 Å². The van der Waals surface area contributed by atoms with Crippen LogP contribution in [0.2, 0.25) is 0 Å². The first-order valence-electron chi connectivity index (χ1n) is 5.26. The molecule has 1 heterocycles. The third-order valence-electron chi connectivity index (χ3n) is 2.61. The van der Waals surface area contributed by atoms with E-state index in [1.807, 2.05) is 0 Å². The number of carbonyl (C=O) groups excluding carboxylic acids is 1. The van der Waals surface area contributed by atoms with Gasteiger partial charge in [0.1, 0.15) is 30.6 Å². The molecule has 1 amide bonds. The van der Waals surface area contributed by atoms with E-state index < -0.39 is 55.5 Å². The Bertz CT molecular complexity index is 324. The summed E-state index contributed by atoms with van der Waals surface area (Å²) >= 11 is 0. The predicted molar refractivity (Wildman–Crippen MR) is 56.1 cm³/mol. The van der Waals surface area contributed by atoms with Gasteiger partial charge in [-0.15, -0.1) is 0 Å². The van der Waals surface area contributed by atoms with Crippen molar-refractivity contribution in [3.8, 4) is 0 Å². The van der Waals surface area contributed by atoms with Crippen LogP contribution in [0.5, 0.6) is 0 Å². The minimum atomic E-state index is -1.41. The molecule has 5 atom stereocenters. The number of carbonyl (C=O) groups is 2. The second-order valence-electron chi connectivity index (χ2n) is 3.99. The summed E-state index contributed by atoms with van der Waals surface area (Å²) < 4.78 is 5.02. The Morgan fingerprint density at radius 2 is 1.94 bits per heavy atom. The summed E-state index contributed by atoms with van der Waals surface area (Å²) in [5.74, 6) is -2.17. The lowest BCUT2D eigenvalue weighted by molar-refractivity contribution is -0.143. The summed E-state index contributed by atoms with van der Waals surface area (Å²) in [4.78, 5) is 21.5. The lowest BCUT2D eigenvalue weighted by atomic mass is 10.1. The van der Waals surface area contributed by atoms with Crippen LogP contribution in [0, 0.1) is 0 Å². The molecule has 7 N–H and O–H groups in total. The molecule has 104 valence electrons. The van der Waals surface area contributed by atoms with Crippen molar-refractivity contribution < 1.29 is 34.8 Å². The van der Waals surface area contributed by atoms with Crippen molar-refractivity contribution in [2.24, 2.45) is 5.73 Å². The molecule has 1 rings (SSSR count). The number of nitrogens with two attached hydrogens (primary N) is 1. The van der Waals surface area contributed by atoms with Crippen LogP contribution in [0.1, 0.15) is 6.42 Å². The molecule has 0 aliphatic carbocycles. The van der Waals surface area contributed by atoms with Crippen LogP contribution in [0.15, 0.2) is 0 Å². The maximum atomic E-state index is 10.8. The average molecular weight is 264 g/mol. The summed E-state index contributed by atoms with van der Waals surface area (Å²) in [5.41, 5.74) is 4.89. The van der Waals surface area contributed by atoms with Gasteiger partial charge in [-0.3, -0.25) is 14.9 Å². The number of hydrogen-bond donors (Lipinski definition) is 6. The number of aliphatic hydroxyl groups is 3. The van der Waals surface area contributed by atoms with Crippen LogP contribution >= 0.6 is 0 Å². The van der Waals surface area contributed by atoms with Crippen molar-refractivity contribution in [3.63, 3.8) is 0 Å². The number of nitrogens with one attached hydrogen (secondary N) is 1. The van der Waals surface area contributed by atoms with E-state index in [1.165, 1.54) is 0 Å². The lowest BCUT2D eigenvalue weighted by Gasteiger charge is -2.20. The van der Waals surface area contributed by atoms with Gasteiger partial charge in [-0.25, -0.2) is 0 Å². The van der Waals surface area contributed by atoms with E-state index in [9.17, 15) is 19.8 Å². The number of carboxylic acid groups (broad SMARTS) is 1. The average Bonchev–Trinajstić information content (AvgIpc) is 2.55. The molecule has 0 spiro atoms. The van der Waals surface area contributed by atoms with Gasteiger partial charge in [0.05, 0.1) is 13.0 Å². The predicted octanol–water partition coefficient (Wildman–Crippen LogP) is -3.66. The molecule has 1 aliphatic rings. The van der Waals surface area contributed by atoms with E-state index in [4.69, 9.17) is 20.7 Å². The van der Waals surface area contributed by atoms with Gasteiger partial charge < -0.3 is 30.9 Å². The number of aliphatic carboxylic acids is 1. The van der Waals surface area contributed by atoms with Gasteiger partial charge in [0.15, 0.2) is 0 Å². The minimum absolute atomic E-state index is 0.484. The first-order valence-corrected chi connectivity index (χ1v) is 5.26. The molecule has 0 aromatic rings. The molecular formula is C9H16N2O7. The lowest BCUT2D eigenvalue weighted by Crippen LogP contribution is -2.50. The maximum absolute atomic E-state index is 10.8. The Hall–Kier alpha value is -1.26. The van der Waals surface area contributed by atoms with Crippen molar-refractivity contribution in [3.05, 3.63) is 0 Å². The molecule has 1 aliphatic heterocycles. The molecule has 9 nitrogen and oxygen atoms in total. The Kier molecular flexibility index (Phi) is 4.99. The third kappa shape index (κ3) is 3.37. The highest BCUT2D eigenvalue weighted by Gasteiger charge is 2.43. The summed E-state index contributed by atoms with van der Waals surface area (Å²) in [5, 5.41) is 39.0. The SMILES string of the molecule is NC(=O)C[C@H](NC1O[C@H](CO)[C@@H](O)[C@H]1O)C(=O)O. The third-order valence-corrected chi connectivity index (χ3v) is 2.61. The van der Waals surface area contributed by atoms with Crippen molar-refractivity contribution in [2.75, 3.05) is 6.61 Å². The van der Waals surface area contributed by atoms with Crippen molar-refractivity contribution >= 4 is 11.9 Å². The van der Waals surface area contributed by atoms with Crippen LogP contribution < -0.4 is 11.1 Å². The van der Waals surface area contributed by atoms with E-state index in [-0.39, 0.29) is 0 Å². The van der Waals surface area contributed by atoms with Gasteiger partial charge in [0.2, 0.25) is 5.91 Å². The second kappa shape index (κ2) is 6.07. The number of amides is 1. The number of primary amides is 1. The van der Waals surface area contributed by atoms with Crippen LogP contribution in [0.3, 0.4) is 0 Å². The molecule has 1 saturated heterocycles. The normalized spacial score (nSPS) is 33.3. The number of carboxylic acids is 1. The van der Waals surface area contributed by atoms with Crippen LogP contribution in [-0.2, 0) is 14.3 Å². The molecule has 0 radical (unpaired) electrons. The topological polar surface area (TPSA) is 162 Å². The highest BCUT2D eigenvalue weighted by atomic mass is 16.6. The maximum Gasteiger partial charge on any atom is 0.321 e. The zero-order valence-corrected chi connectivity index (χ0v) is 9.39. The van der Waals surface area contributed by atoms with E-state index in [0.717, 1.165) is 0 Å². The van der Waals surface area contributed by atoms with Gasteiger partial charge in [-0.1, -0.05) is 0 Å². The largest absolute Gasteiger partial charge is 0.480 e. The van der Waals surface area contributed by atoms with E-state index in [0.29, 0.717) is 0 Å². The van der Waals surface area contributed by atoms with Crippen LogP contribution in [0.4, 0.5) is 0 Å². The fourth-order valence-corrected chi connectivity index (χ4v) is 1.65. The molecule has 0 aromatic heterocycles. The number of rotatable bonds is 6. The van der Waals surface area contributed by atoms with Crippen molar-refractivity contribution in [1.82, 2.24) is 5.32 Å². The van der Waals surface area contributed by atoms with Crippen molar-refractivity contribution in [1.29, 1.82) is 0 Å². The molecule has 1 fully saturated rings. The fourth-order valence-electron chi connectivity index (χ4n) is 1.65. The quantitative estimate of drug-likeness (QED) is 0.286. The first kappa shape index (κ1) is 14.8. The van der Waals surface area contributed by atoms with Gasteiger partial charge >= 0.3 is 5.97 Å². The number of hydrogen-bond acceptors (Lipinski definition) is 7. The van der Waals surface area contributed by atoms with E-state index in [1.54, 1.807) is 0 Å². The molecule has 0 aromatic carbocycles. The molecule has 9 heteroatoms. The minimum Gasteiger partial charge on any atom is -0.480 e. The zero-order chi connectivity index (χ0) is 13.9. The van der Waals surface area contributed by atoms with Gasteiger partial charge in [-0.05, 0) is 0 Å². The van der Waals surface area contributed by atoms with E-state index >= 15 is 0 Å². The van der Waals surface area contributed by atoms with E-state index in [2.05, 4.69) is 5.32 Å². The summed E-state index contributed by atoms with van der Waals surface area (Å²) in [6, 6.07) is -1.34. The Morgan fingerprint density at radius 1 is 1.33 bits per heavy atom. The highest BCUT2D eigenvalue weighted by molar-refractivity contribution is 5.83. The van der Waals surface area contributed by atoms with Crippen LogP contribution in [0.25, 0.3) is 0 Å². The first-order chi connectivity index (χ1) is 8.36. The second-order valence-corrected chi connectivity index (χ2v) is 3.99. The molecule has 1 unspecified atom stereocenters. The monoisotopic (exact) mass is 264 g/mol. The Morgan fingerprint density at radius 3 is 2.33 bits per heavy atom. The van der Waals surface area contributed by atoms with Gasteiger partial charge in [0, 0.05) is 0 Å². The van der Waals surface area contributed by atoms with Gasteiger partial charge in [-0.2, -0.15) is 0 Å². The smallest absolute Gasteiger partial charge is 0.321 e. The molecule has 0 saturated carbocycles. The van der Waals surface area contributed by atoms with Crippen molar-refractivity contribution in [2.45, 2.75) is 37.0 Å². The Balaban J connectivity index is 2.64. The zero-order valence-electron chi connectivity index (χ0n) is 9.39. The summed E-state index contributed by atoms with van der Waals surface area (Å²) in [6.07, 6.45) is -5.44. The number of ether oxygens (including phenoxy) is 1. The number of aliphatic hydroxyl groups excluding tert-OH is 3. The fraction of sp³-hybridized carbons (Fsp3) is 0.778. The summed E-state index contributed by atoms with van der Waals surface area (Å²) in [7, 11) is 0. The molecule has 18 heavy (non-hydrogen) atoms. The Labute approximate surface area is 102 Å². The summed E-state index contributed by atoms with van der Waals surface area (Å²) in [6.45, 7) is -0.524.